The number of fused-ring (bicyclic) bond motifs is 1. The Morgan fingerprint density at radius 1 is 1.29 bits per heavy atom. The van der Waals surface area contributed by atoms with Crippen LogP contribution in [0, 0.1) is 5.92 Å². The minimum Gasteiger partial charge on any atom is -0.481 e. The molecule has 2 rings (SSSR count). The average Bonchev–Trinajstić information content (AvgIpc) is 2.34. The molecule has 0 aliphatic carbocycles. The summed E-state index contributed by atoms with van der Waals surface area (Å²) in [6, 6.07) is 6.51. The maximum Gasteiger partial charge on any atom is 0.308 e. The molecule has 1 aromatic carbocycles. The predicted octanol–water partition coefficient (Wildman–Crippen LogP) is 0.0818. The third-order valence-corrected chi connectivity index (χ3v) is 7.08. The van der Waals surface area contributed by atoms with E-state index < -0.39 is 36.8 Å². The summed E-state index contributed by atoms with van der Waals surface area (Å²) in [7, 11) is -7.89. The van der Waals surface area contributed by atoms with E-state index in [1.807, 2.05) is 0 Å². The first-order chi connectivity index (χ1) is 9.60. The van der Waals surface area contributed by atoms with Gasteiger partial charge in [-0.2, -0.15) is 0 Å². The number of sulfonamides is 1. The largest absolute Gasteiger partial charge is 0.481 e. The molecule has 1 unspecified atom stereocenters. The van der Waals surface area contributed by atoms with Crippen molar-refractivity contribution in [2.45, 2.75) is 6.42 Å². The Kier molecular flexibility index (Phi) is 3.98. The van der Waals surface area contributed by atoms with E-state index in [0.717, 1.165) is 10.6 Å². The lowest BCUT2D eigenvalue weighted by atomic mass is 9.94. The van der Waals surface area contributed by atoms with E-state index in [2.05, 4.69) is 0 Å². The Labute approximate surface area is 123 Å². The smallest absolute Gasteiger partial charge is 0.308 e. The van der Waals surface area contributed by atoms with Gasteiger partial charge in [-0.1, -0.05) is 18.2 Å². The van der Waals surface area contributed by atoms with Crippen LogP contribution in [0.5, 0.6) is 0 Å². The van der Waals surface area contributed by atoms with Gasteiger partial charge in [0.05, 0.1) is 11.6 Å². The van der Waals surface area contributed by atoms with Gasteiger partial charge in [-0.25, -0.2) is 16.8 Å². The van der Waals surface area contributed by atoms with Gasteiger partial charge < -0.3 is 5.11 Å². The highest BCUT2D eigenvalue weighted by atomic mass is 32.3. The van der Waals surface area contributed by atoms with E-state index in [9.17, 15) is 21.6 Å². The lowest BCUT2D eigenvalue weighted by Gasteiger charge is -2.33. The Morgan fingerprint density at radius 3 is 2.48 bits per heavy atom. The maximum absolute atomic E-state index is 12.3. The van der Waals surface area contributed by atoms with E-state index in [1.165, 1.54) is 0 Å². The second-order valence-electron chi connectivity index (χ2n) is 5.05. The number of para-hydroxylation sites is 1. The summed E-state index contributed by atoms with van der Waals surface area (Å²) >= 11 is 0. The Hall–Kier alpha value is -1.61. The summed E-state index contributed by atoms with van der Waals surface area (Å²) in [5, 5.41) is 8.10. The quantitative estimate of drug-likeness (QED) is 0.836. The van der Waals surface area contributed by atoms with Crippen LogP contribution in [-0.2, 0) is 31.1 Å². The molecule has 116 valence electrons. The van der Waals surface area contributed by atoms with Crippen molar-refractivity contribution in [2.75, 3.05) is 22.2 Å². The highest BCUT2D eigenvalue weighted by Crippen LogP contribution is 2.32. The lowest BCUT2D eigenvalue weighted by Crippen LogP contribution is -2.44. The highest BCUT2D eigenvalue weighted by molar-refractivity contribution is 8.08. The third kappa shape index (κ3) is 3.53. The van der Waals surface area contributed by atoms with Gasteiger partial charge in [0.25, 0.3) is 0 Å². The lowest BCUT2D eigenvalue weighted by molar-refractivity contribution is -0.141. The second kappa shape index (κ2) is 5.30. The molecule has 0 aromatic heterocycles. The minimum atomic E-state index is -4.14. The second-order valence-corrected chi connectivity index (χ2v) is 9.45. The molecule has 0 spiro atoms. The van der Waals surface area contributed by atoms with Crippen LogP contribution in [0.25, 0.3) is 0 Å². The summed E-state index contributed by atoms with van der Waals surface area (Å²) in [6.45, 7) is -0.260. The zero-order chi connectivity index (χ0) is 15.8. The van der Waals surface area contributed by atoms with Crippen LogP contribution >= 0.6 is 0 Å². The van der Waals surface area contributed by atoms with Crippen molar-refractivity contribution in [3.8, 4) is 0 Å². The molecule has 1 aliphatic rings. The van der Waals surface area contributed by atoms with E-state index in [1.54, 1.807) is 24.3 Å². The molecule has 1 atom stereocenters. The van der Waals surface area contributed by atoms with E-state index >= 15 is 0 Å². The Bertz CT molecular complexity index is 769. The fourth-order valence-corrected chi connectivity index (χ4v) is 5.88. The van der Waals surface area contributed by atoms with Crippen molar-refractivity contribution in [3.63, 3.8) is 0 Å². The van der Waals surface area contributed by atoms with Crippen LogP contribution in [0.2, 0.25) is 0 Å². The number of aliphatic carboxylic acids is 1. The standard InChI is InChI=1S/C12H15NO6S2/c1-20(16,17)8-21(18,19)13-7-10(12(14)15)6-9-4-2-3-5-11(9)13/h2-5,10H,6-8H2,1H3,(H,14,15). The molecule has 0 radical (unpaired) electrons. The molecule has 0 saturated carbocycles. The van der Waals surface area contributed by atoms with Gasteiger partial charge in [-0.3, -0.25) is 9.10 Å². The van der Waals surface area contributed by atoms with E-state index in [4.69, 9.17) is 5.11 Å². The molecule has 0 bridgehead atoms. The first kappa shape index (κ1) is 15.8. The number of carboxylic acids is 1. The van der Waals surface area contributed by atoms with Gasteiger partial charge in [-0.15, -0.1) is 0 Å². The third-order valence-electron chi connectivity index (χ3n) is 3.16. The molecule has 1 N–H and O–H groups in total. The van der Waals surface area contributed by atoms with Crippen LogP contribution in [-0.4, -0.2) is 45.8 Å². The first-order valence-corrected chi connectivity index (χ1v) is 9.76. The molecular formula is C12H15NO6S2. The Morgan fingerprint density at radius 2 is 1.90 bits per heavy atom. The molecular weight excluding hydrogens is 318 g/mol. The maximum atomic E-state index is 12.3. The van der Waals surface area contributed by atoms with Crippen molar-refractivity contribution < 1.29 is 26.7 Å². The molecule has 1 aromatic rings. The van der Waals surface area contributed by atoms with Crippen LogP contribution in [0.4, 0.5) is 5.69 Å². The SMILES string of the molecule is CS(=O)(=O)CS(=O)(=O)N1CC(C(=O)O)Cc2ccccc21. The molecule has 0 amide bonds. The summed E-state index contributed by atoms with van der Waals surface area (Å²) in [5.41, 5.74) is 0.923. The van der Waals surface area contributed by atoms with Crippen molar-refractivity contribution in [3.05, 3.63) is 29.8 Å². The number of carbonyl (C=O) groups is 1. The van der Waals surface area contributed by atoms with Crippen molar-refractivity contribution >= 4 is 31.5 Å². The number of hydrogen-bond donors (Lipinski definition) is 1. The number of hydrogen-bond acceptors (Lipinski definition) is 5. The summed E-state index contributed by atoms with van der Waals surface area (Å²) < 4.78 is 48.1. The highest BCUT2D eigenvalue weighted by Gasteiger charge is 2.36. The fraction of sp³-hybridized carbons (Fsp3) is 0.417. The van der Waals surface area contributed by atoms with E-state index in [0.29, 0.717) is 11.3 Å². The zero-order valence-electron chi connectivity index (χ0n) is 11.3. The molecule has 1 aliphatic heterocycles. The molecule has 9 heteroatoms. The van der Waals surface area contributed by atoms with E-state index in [-0.39, 0.29) is 13.0 Å². The first-order valence-electron chi connectivity index (χ1n) is 6.09. The van der Waals surface area contributed by atoms with Gasteiger partial charge >= 0.3 is 5.97 Å². The molecule has 0 saturated heterocycles. The normalized spacial score (nSPS) is 19.1. The number of nitrogens with zero attached hydrogens (tertiary/aromatic N) is 1. The number of sulfone groups is 1. The summed E-state index contributed by atoms with van der Waals surface area (Å²) in [6.07, 6.45) is 1.05. The van der Waals surface area contributed by atoms with Gasteiger partial charge in [0, 0.05) is 12.8 Å². The molecule has 1 heterocycles. The average molecular weight is 333 g/mol. The van der Waals surface area contributed by atoms with Gasteiger partial charge in [-0.05, 0) is 18.1 Å². The molecule has 21 heavy (non-hydrogen) atoms. The number of anilines is 1. The van der Waals surface area contributed by atoms with Crippen molar-refractivity contribution in [1.82, 2.24) is 0 Å². The molecule has 7 nitrogen and oxygen atoms in total. The number of rotatable bonds is 4. The molecule has 0 fully saturated rings. The van der Waals surface area contributed by atoms with Crippen LogP contribution in [0.15, 0.2) is 24.3 Å². The summed E-state index contributed by atoms with van der Waals surface area (Å²) in [4.78, 5) is 11.2. The van der Waals surface area contributed by atoms with Gasteiger partial charge in [0.15, 0.2) is 14.9 Å². The number of benzene rings is 1. The van der Waals surface area contributed by atoms with Gasteiger partial charge in [0.1, 0.15) is 0 Å². The summed E-state index contributed by atoms with van der Waals surface area (Å²) in [5.74, 6) is -2.00. The predicted molar refractivity (Wildman–Crippen MR) is 77.2 cm³/mol. The van der Waals surface area contributed by atoms with Crippen LogP contribution in [0.3, 0.4) is 0 Å². The number of carboxylic acid groups (broad SMARTS) is 1. The van der Waals surface area contributed by atoms with Crippen LogP contribution in [0.1, 0.15) is 5.56 Å². The zero-order valence-corrected chi connectivity index (χ0v) is 12.9. The van der Waals surface area contributed by atoms with Crippen LogP contribution < -0.4 is 4.31 Å². The van der Waals surface area contributed by atoms with Gasteiger partial charge in [0.2, 0.25) is 10.0 Å². The van der Waals surface area contributed by atoms with Crippen molar-refractivity contribution in [2.24, 2.45) is 5.92 Å². The monoisotopic (exact) mass is 333 g/mol. The Balaban J connectivity index is 2.49. The fourth-order valence-electron chi connectivity index (χ4n) is 2.32. The minimum absolute atomic E-state index is 0.219. The topological polar surface area (TPSA) is 109 Å². The van der Waals surface area contributed by atoms with Crippen molar-refractivity contribution in [1.29, 1.82) is 0 Å².